The van der Waals surface area contributed by atoms with Gasteiger partial charge in [-0.3, -0.25) is 4.79 Å². The smallest absolute Gasteiger partial charge is 0.409 e. The summed E-state index contributed by atoms with van der Waals surface area (Å²) in [6.07, 6.45) is -2.84. The van der Waals surface area contributed by atoms with Crippen LogP contribution in [-0.2, 0) is 11.3 Å². The molecule has 2 aromatic carbocycles. The zero-order valence-corrected chi connectivity index (χ0v) is 18.7. The van der Waals surface area contributed by atoms with E-state index in [9.17, 15) is 22.8 Å². The van der Waals surface area contributed by atoms with Gasteiger partial charge in [-0.15, -0.1) is 10.2 Å². The molecule has 0 saturated carbocycles. The SMILES string of the molecule is COC(=O)N1CC[C@@H](N2Cc3ccc(-c4nnc(C(F)F)o4)cc3C2=O)[C@H](c2ccc(F)cc2)C1. The third-order valence-electron chi connectivity index (χ3n) is 6.52. The summed E-state index contributed by atoms with van der Waals surface area (Å²) in [7, 11) is 1.31. The lowest BCUT2D eigenvalue weighted by Crippen LogP contribution is -2.51. The first kappa shape index (κ1) is 22.9. The second-order valence-electron chi connectivity index (χ2n) is 8.48. The van der Waals surface area contributed by atoms with Crippen LogP contribution in [0.1, 0.15) is 46.1 Å². The molecule has 1 saturated heterocycles. The average molecular weight is 486 g/mol. The number of methoxy groups -OCH3 is 1. The number of rotatable bonds is 4. The second-order valence-corrected chi connectivity index (χ2v) is 8.48. The third-order valence-corrected chi connectivity index (χ3v) is 6.52. The number of amides is 2. The fourth-order valence-corrected chi connectivity index (χ4v) is 4.81. The molecule has 0 unspecified atom stereocenters. The van der Waals surface area contributed by atoms with Gasteiger partial charge in [-0.1, -0.05) is 18.2 Å². The molecule has 0 radical (unpaired) electrons. The first-order valence-electron chi connectivity index (χ1n) is 11.0. The Balaban J connectivity index is 1.43. The van der Waals surface area contributed by atoms with Gasteiger partial charge in [0.05, 0.1) is 7.11 Å². The van der Waals surface area contributed by atoms with E-state index in [-0.39, 0.29) is 29.6 Å². The predicted octanol–water partition coefficient (Wildman–Crippen LogP) is 4.39. The van der Waals surface area contributed by atoms with Crippen molar-refractivity contribution in [2.45, 2.75) is 31.4 Å². The Morgan fingerprint density at radius 3 is 2.63 bits per heavy atom. The lowest BCUT2D eigenvalue weighted by Gasteiger charge is -2.42. The van der Waals surface area contributed by atoms with E-state index < -0.39 is 18.4 Å². The number of fused-ring (bicyclic) bond motifs is 1. The van der Waals surface area contributed by atoms with E-state index in [1.54, 1.807) is 40.1 Å². The van der Waals surface area contributed by atoms with Crippen LogP contribution in [0, 0.1) is 5.82 Å². The quantitative estimate of drug-likeness (QED) is 0.544. The largest absolute Gasteiger partial charge is 0.453 e. The highest BCUT2D eigenvalue weighted by Gasteiger charge is 2.41. The zero-order chi connectivity index (χ0) is 24.7. The van der Waals surface area contributed by atoms with E-state index in [0.717, 1.165) is 11.1 Å². The zero-order valence-electron chi connectivity index (χ0n) is 18.7. The highest BCUT2D eigenvalue weighted by molar-refractivity contribution is 5.99. The molecule has 11 heteroatoms. The van der Waals surface area contributed by atoms with Gasteiger partial charge in [-0.2, -0.15) is 8.78 Å². The molecule has 3 aromatic rings. The fraction of sp³-hybridized carbons (Fsp3) is 0.333. The molecule has 1 aromatic heterocycles. The number of carbonyl (C=O) groups is 2. The summed E-state index contributed by atoms with van der Waals surface area (Å²) < 4.78 is 49.1. The minimum absolute atomic E-state index is 0.0927. The van der Waals surface area contributed by atoms with Crippen molar-refractivity contribution < 1.29 is 31.9 Å². The molecule has 35 heavy (non-hydrogen) atoms. The van der Waals surface area contributed by atoms with Crippen molar-refractivity contribution in [2.24, 2.45) is 0 Å². The van der Waals surface area contributed by atoms with Crippen molar-refractivity contribution >= 4 is 12.0 Å². The van der Waals surface area contributed by atoms with Gasteiger partial charge in [-0.25, -0.2) is 9.18 Å². The molecular weight excluding hydrogens is 465 g/mol. The number of halogens is 3. The van der Waals surface area contributed by atoms with Crippen molar-refractivity contribution in [3.63, 3.8) is 0 Å². The molecule has 3 heterocycles. The monoisotopic (exact) mass is 486 g/mol. The Kier molecular flexibility index (Phi) is 5.91. The highest BCUT2D eigenvalue weighted by Crippen LogP contribution is 2.37. The van der Waals surface area contributed by atoms with E-state index in [1.807, 2.05) is 0 Å². The van der Waals surface area contributed by atoms with Crippen molar-refractivity contribution in [3.05, 3.63) is 70.9 Å². The molecular formula is C24H21F3N4O4. The number of piperidine rings is 1. The van der Waals surface area contributed by atoms with Gasteiger partial charge in [0.15, 0.2) is 0 Å². The van der Waals surface area contributed by atoms with E-state index >= 15 is 0 Å². The molecule has 1 fully saturated rings. The van der Waals surface area contributed by atoms with Gasteiger partial charge in [-0.05, 0) is 41.8 Å². The number of likely N-dealkylation sites (tertiary alicyclic amines) is 1. The number of nitrogens with zero attached hydrogens (tertiary/aromatic N) is 4. The minimum atomic E-state index is -2.89. The second kappa shape index (κ2) is 9.05. The molecule has 2 amide bonds. The van der Waals surface area contributed by atoms with Crippen LogP contribution in [0.15, 0.2) is 46.9 Å². The Morgan fingerprint density at radius 1 is 1.17 bits per heavy atom. The van der Waals surface area contributed by atoms with Crippen LogP contribution < -0.4 is 0 Å². The van der Waals surface area contributed by atoms with Crippen LogP contribution in [-0.4, -0.2) is 58.2 Å². The summed E-state index contributed by atoms with van der Waals surface area (Å²) >= 11 is 0. The van der Waals surface area contributed by atoms with E-state index in [2.05, 4.69) is 10.2 Å². The molecule has 0 bridgehead atoms. The molecule has 5 rings (SSSR count). The Labute approximate surface area is 198 Å². The molecule has 0 N–H and O–H groups in total. The summed E-state index contributed by atoms with van der Waals surface area (Å²) in [4.78, 5) is 29.0. The number of benzene rings is 2. The first-order valence-corrected chi connectivity index (χ1v) is 11.0. The summed E-state index contributed by atoms with van der Waals surface area (Å²) in [6, 6.07) is 10.7. The number of carbonyl (C=O) groups excluding carboxylic acids is 2. The molecule has 2 atom stereocenters. The van der Waals surface area contributed by atoms with Crippen LogP contribution in [0.5, 0.6) is 0 Å². The molecule has 2 aliphatic heterocycles. The topological polar surface area (TPSA) is 88.8 Å². The van der Waals surface area contributed by atoms with Crippen molar-refractivity contribution in [1.82, 2.24) is 20.0 Å². The highest BCUT2D eigenvalue weighted by atomic mass is 19.3. The van der Waals surface area contributed by atoms with Crippen LogP contribution in [0.2, 0.25) is 0 Å². The summed E-state index contributed by atoms with van der Waals surface area (Å²) in [5.41, 5.74) is 2.38. The van der Waals surface area contributed by atoms with Gasteiger partial charge in [0.25, 0.3) is 11.8 Å². The lowest BCUT2D eigenvalue weighted by atomic mass is 9.85. The molecule has 2 aliphatic rings. The Bertz CT molecular complexity index is 1260. The van der Waals surface area contributed by atoms with E-state index in [1.165, 1.54) is 19.2 Å². The van der Waals surface area contributed by atoms with Gasteiger partial charge >= 0.3 is 12.5 Å². The average Bonchev–Trinajstić information content (AvgIpc) is 3.49. The third kappa shape index (κ3) is 4.22. The number of ether oxygens (including phenoxy) is 1. The van der Waals surface area contributed by atoms with Gasteiger partial charge in [0.2, 0.25) is 5.89 Å². The van der Waals surface area contributed by atoms with E-state index in [0.29, 0.717) is 37.2 Å². The normalized spacial score (nSPS) is 19.9. The number of hydrogen-bond acceptors (Lipinski definition) is 6. The minimum Gasteiger partial charge on any atom is -0.453 e. The maximum absolute atomic E-state index is 13.6. The number of hydrogen-bond donors (Lipinski definition) is 0. The van der Waals surface area contributed by atoms with Gasteiger partial charge in [0.1, 0.15) is 5.82 Å². The molecule has 0 aliphatic carbocycles. The first-order chi connectivity index (χ1) is 16.9. The summed E-state index contributed by atoms with van der Waals surface area (Å²) in [6.45, 7) is 1.06. The molecule has 8 nitrogen and oxygen atoms in total. The van der Waals surface area contributed by atoms with Crippen molar-refractivity contribution in [2.75, 3.05) is 20.2 Å². The molecule has 182 valence electrons. The number of aromatic nitrogens is 2. The van der Waals surface area contributed by atoms with Gasteiger partial charge in [0, 0.05) is 42.7 Å². The van der Waals surface area contributed by atoms with Crippen LogP contribution in [0.4, 0.5) is 18.0 Å². The van der Waals surface area contributed by atoms with Crippen LogP contribution in [0.25, 0.3) is 11.5 Å². The lowest BCUT2D eigenvalue weighted by molar-refractivity contribution is 0.0516. The van der Waals surface area contributed by atoms with Crippen LogP contribution >= 0.6 is 0 Å². The maximum Gasteiger partial charge on any atom is 0.409 e. The van der Waals surface area contributed by atoms with Crippen LogP contribution in [0.3, 0.4) is 0 Å². The number of alkyl halides is 2. The van der Waals surface area contributed by atoms with Crippen molar-refractivity contribution in [3.8, 4) is 11.5 Å². The maximum atomic E-state index is 13.6. The standard InChI is InChI=1S/C24H21F3N4O4/c1-34-24(33)30-9-8-19(18(12-30)13-4-6-16(25)7-5-13)31-11-15-3-2-14(10-17(15)23(31)32)21-28-29-22(35-21)20(26)27/h2-7,10,18-20H,8-9,11-12H2,1H3/t18-,19+/m0/s1. The van der Waals surface area contributed by atoms with Gasteiger partial charge < -0.3 is 19.0 Å². The van der Waals surface area contributed by atoms with E-state index in [4.69, 9.17) is 9.15 Å². The summed E-state index contributed by atoms with van der Waals surface area (Å²) in [5, 5.41) is 7.00. The fourth-order valence-electron chi connectivity index (χ4n) is 4.81. The molecule has 0 spiro atoms. The Hall–Kier alpha value is -3.89. The summed E-state index contributed by atoms with van der Waals surface area (Å²) in [5.74, 6) is -1.73. The predicted molar refractivity (Wildman–Crippen MR) is 116 cm³/mol. The van der Waals surface area contributed by atoms with Crippen molar-refractivity contribution in [1.29, 1.82) is 0 Å². The Morgan fingerprint density at radius 2 is 1.94 bits per heavy atom.